The summed E-state index contributed by atoms with van der Waals surface area (Å²) in [6.07, 6.45) is 4.31. The van der Waals surface area contributed by atoms with Crippen LogP contribution in [0.4, 0.5) is 0 Å². The Balaban J connectivity index is 0.00000208. The molecule has 4 atom stereocenters. The van der Waals surface area contributed by atoms with Crippen LogP contribution < -0.4 is 10.6 Å². The van der Waals surface area contributed by atoms with Gasteiger partial charge in [-0.2, -0.15) is 0 Å². The van der Waals surface area contributed by atoms with E-state index in [1.807, 2.05) is 0 Å². The van der Waals surface area contributed by atoms with Gasteiger partial charge in [0.15, 0.2) is 0 Å². The first kappa shape index (κ1) is 20.4. The summed E-state index contributed by atoms with van der Waals surface area (Å²) in [5.41, 5.74) is 0. The molecule has 0 radical (unpaired) electrons. The van der Waals surface area contributed by atoms with Crippen LogP contribution in [0.1, 0.15) is 33.1 Å². The Hall–Kier alpha value is 0.0900. The van der Waals surface area contributed by atoms with Gasteiger partial charge in [0, 0.05) is 44.8 Å². The Labute approximate surface area is 153 Å². The molecule has 1 saturated carbocycles. The van der Waals surface area contributed by atoms with Gasteiger partial charge < -0.3 is 20.1 Å². The summed E-state index contributed by atoms with van der Waals surface area (Å²) in [6.45, 7) is 12.6. The van der Waals surface area contributed by atoms with Crippen molar-refractivity contribution in [1.82, 2.24) is 15.5 Å². The van der Waals surface area contributed by atoms with Crippen LogP contribution in [0.5, 0.6) is 0 Å². The van der Waals surface area contributed by atoms with E-state index in [1.165, 1.54) is 25.8 Å². The molecule has 0 amide bonds. The monoisotopic (exact) mass is 361 g/mol. The molecular formula is C18H36ClN3O2. The zero-order chi connectivity index (χ0) is 16.1. The first-order valence-corrected chi connectivity index (χ1v) is 9.61. The predicted molar refractivity (Wildman–Crippen MR) is 100 cm³/mol. The lowest BCUT2D eigenvalue weighted by Gasteiger charge is -2.36. The van der Waals surface area contributed by atoms with Gasteiger partial charge in [-0.25, -0.2) is 0 Å². The van der Waals surface area contributed by atoms with Gasteiger partial charge in [0.05, 0.1) is 25.9 Å². The third-order valence-corrected chi connectivity index (χ3v) is 5.49. The zero-order valence-corrected chi connectivity index (χ0v) is 16.2. The van der Waals surface area contributed by atoms with Crippen molar-refractivity contribution in [3.63, 3.8) is 0 Å². The lowest BCUT2D eigenvalue weighted by Crippen LogP contribution is -2.53. The molecule has 3 rings (SSSR count). The lowest BCUT2D eigenvalue weighted by molar-refractivity contribution is -0.0324. The van der Waals surface area contributed by atoms with Gasteiger partial charge in [-0.1, -0.05) is 20.3 Å². The SMILES string of the molecule is CC(C)CN1CCOC(CNC2CCCC2C2COCCN2)C1.Cl. The Bertz CT molecular complexity index is 353. The van der Waals surface area contributed by atoms with Crippen LogP contribution in [0.3, 0.4) is 0 Å². The van der Waals surface area contributed by atoms with E-state index in [9.17, 15) is 0 Å². The number of nitrogens with one attached hydrogen (secondary N) is 2. The fourth-order valence-corrected chi connectivity index (χ4v) is 4.45. The Morgan fingerprint density at radius 1 is 1.25 bits per heavy atom. The maximum Gasteiger partial charge on any atom is 0.0826 e. The van der Waals surface area contributed by atoms with Crippen LogP contribution in [0.25, 0.3) is 0 Å². The third-order valence-electron chi connectivity index (χ3n) is 5.49. The number of morpholine rings is 2. The summed E-state index contributed by atoms with van der Waals surface area (Å²) in [5.74, 6) is 1.45. The highest BCUT2D eigenvalue weighted by Gasteiger charge is 2.35. The van der Waals surface area contributed by atoms with Crippen molar-refractivity contribution < 1.29 is 9.47 Å². The van der Waals surface area contributed by atoms with E-state index in [1.54, 1.807) is 0 Å². The molecule has 2 saturated heterocycles. The minimum atomic E-state index is 0. The molecule has 142 valence electrons. The largest absolute Gasteiger partial charge is 0.379 e. The van der Waals surface area contributed by atoms with Crippen molar-refractivity contribution in [2.45, 2.75) is 51.3 Å². The molecule has 1 aliphatic carbocycles. The van der Waals surface area contributed by atoms with Crippen molar-refractivity contribution >= 4 is 12.4 Å². The summed E-state index contributed by atoms with van der Waals surface area (Å²) >= 11 is 0. The fourth-order valence-electron chi connectivity index (χ4n) is 4.45. The molecule has 0 aromatic heterocycles. The minimum Gasteiger partial charge on any atom is -0.379 e. The van der Waals surface area contributed by atoms with Crippen molar-refractivity contribution in [2.24, 2.45) is 11.8 Å². The summed E-state index contributed by atoms with van der Waals surface area (Å²) in [6, 6.07) is 1.16. The summed E-state index contributed by atoms with van der Waals surface area (Å²) in [7, 11) is 0. The van der Waals surface area contributed by atoms with Gasteiger partial charge >= 0.3 is 0 Å². The highest BCUT2D eigenvalue weighted by molar-refractivity contribution is 5.85. The average molecular weight is 362 g/mol. The summed E-state index contributed by atoms with van der Waals surface area (Å²) in [4.78, 5) is 2.56. The third kappa shape index (κ3) is 5.82. The number of hydrogen-bond acceptors (Lipinski definition) is 5. The van der Waals surface area contributed by atoms with Crippen LogP contribution in [-0.2, 0) is 9.47 Å². The molecule has 2 heterocycles. The molecule has 0 spiro atoms. The molecule has 6 heteroatoms. The maximum absolute atomic E-state index is 5.99. The minimum absolute atomic E-state index is 0. The lowest BCUT2D eigenvalue weighted by atomic mass is 9.94. The smallest absolute Gasteiger partial charge is 0.0826 e. The van der Waals surface area contributed by atoms with Gasteiger partial charge in [-0.3, -0.25) is 4.90 Å². The van der Waals surface area contributed by atoms with Crippen LogP contribution in [0.2, 0.25) is 0 Å². The van der Waals surface area contributed by atoms with E-state index in [0.29, 0.717) is 24.1 Å². The van der Waals surface area contributed by atoms with Crippen LogP contribution in [-0.4, -0.2) is 75.6 Å². The highest BCUT2D eigenvalue weighted by Crippen LogP contribution is 2.29. The predicted octanol–water partition coefficient (Wildman–Crippen LogP) is 1.51. The second kappa shape index (κ2) is 10.3. The fraction of sp³-hybridized carbons (Fsp3) is 1.00. The summed E-state index contributed by atoms with van der Waals surface area (Å²) < 4.78 is 11.7. The van der Waals surface area contributed by atoms with Gasteiger partial charge in [0.2, 0.25) is 0 Å². The van der Waals surface area contributed by atoms with Crippen molar-refractivity contribution in [3.05, 3.63) is 0 Å². The van der Waals surface area contributed by atoms with Crippen LogP contribution in [0, 0.1) is 11.8 Å². The molecule has 2 N–H and O–H groups in total. The molecule has 4 unspecified atom stereocenters. The molecule has 0 aromatic rings. The Morgan fingerprint density at radius 3 is 2.88 bits per heavy atom. The van der Waals surface area contributed by atoms with E-state index >= 15 is 0 Å². The Morgan fingerprint density at radius 2 is 2.12 bits per heavy atom. The number of rotatable bonds is 6. The first-order chi connectivity index (χ1) is 11.2. The standard InChI is InChI=1S/C18H35N3O2.ClH/c1-14(2)11-21-7-9-23-15(12-21)10-20-17-5-3-4-16(17)18-13-22-8-6-19-18;/h14-20H,3-13H2,1-2H3;1H. The van der Waals surface area contributed by atoms with Gasteiger partial charge in [-0.15, -0.1) is 12.4 Å². The first-order valence-electron chi connectivity index (χ1n) is 9.61. The summed E-state index contributed by atoms with van der Waals surface area (Å²) in [5, 5.41) is 7.48. The van der Waals surface area contributed by atoms with Crippen molar-refractivity contribution in [3.8, 4) is 0 Å². The van der Waals surface area contributed by atoms with E-state index in [2.05, 4.69) is 29.4 Å². The molecule has 3 fully saturated rings. The second-order valence-corrected chi connectivity index (χ2v) is 7.89. The van der Waals surface area contributed by atoms with Crippen molar-refractivity contribution in [1.29, 1.82) is 0 Å². The quantitative estimate of drug-likeness (QED) is 0.751. The number of nitrogens with zero attached hydrogens (tertiary/aromatic N) is 1. The Kier molecular flexibility index (Phi) is 8.75. The van der Waals surface area contributed by atoms with E-state index in [0.717, 1.165) is 51.9 Å². The molecular weight excluding hydrogens is 326 g/mol. The maximum atomic E-state index is 5.99. The molecule has 2 aliphatic heterocycles. The topological polar surface area (TPSA) is 45.8 Å². The molecule has 3 aliphatic rings. The van der Waals surface area contributed by atoms with Gasteiger partial charge in [0.25, 0.3) is 0 Å². The molecule has 24 heavy (non-hydrogen) atoms. The van der Waals surface area contributed by atoms with Crippen LogP contribution in [0.15, 0.2) is 0 Å². The normalized spacial score (nSPS) is 35.1. The zero-order valence-electron chi connectivity index (χ0n) is 15.3. The molecule has 0 bridgehead atoms. The van der Waals surface area contributed by atoms with Crippen LogP contribution >= 0.6 is 12.4 Å². The van der Waals surface area contributed by atoms with E-state index in [-0.39, 0.29) is 12.4 Å². The van der Waals surface area contributed by atoms with E-state index in [4.69, 9.17) is 9.47 Å². The average Bonchev–Trinajstić information content (AvgIpc) is 3.02. The number of halogens is 1. The number of ether oxygens (including phenoxy) is 2. The second-order valence-electron chi connectivity index (χ2n) is 7.89. The van der Waals surface area contributed by atoms with Crippen molar-refractivity contribution in [2.75, 3.05) is 52.5 Å². The van der Waals surface area contributed by atoms with Gasteiger partial charge in [-0.05, 0) is 24.7 Å². The van der Waals surface area contributed by atoms with E-state index < -0.39 is 0 Å². The molecule has 0 aromatic carbocycles. The molecule has 5 nitrogen and oxygen atoms in total. The highest BCUT2D eigenvalue weighted by atomic mass is 35.5. The van der Waals surface area contributed by atoms with Gasteiger partial charge in [0.1, 0.15) is 0 Å². The number of hydrogen-bond donors (Lipinski definition) is 2.